The molecule has 2 aliphatic carbocycles. The molecular formula is C25H24N2O2. The predicted octanol–water partition coefficient (Wildman–Crippen LogP) is 5.80. The Morgan fingerprint density at radius 3 is 2.45 bits per heavy atom. The average molecular weight is 384 g/mol. The third-order valence-electron chi connectivity index (χ3n) is 7.44. The molecular weight excluding hydrogens is 360 g/mol. The fraction of sp³-hybridized carbons (Fsp3) is 0.360. The van der Waals surface area contributed by atoms with Crippen LogP contribution in [0.3, 0.4) is 0 Å². The molecule has 0 fully saturated rings. The van der Waals surface area contributed by atoms with Gasteiger partial charge in [-0.1, -0.05) is 54.1 Å². The molecule has 4 heteroatoms. The molecule has 29 heavy (non-hydrogen) atoms. The summed E-state index contributed by atoms with van der Waals surface area (Å²) in [5.41, 5.74) is 7.12. The summed E-state index contributed by atoms with van der Waals surface area (Å²) in [5, 5.41) is 11.1. The number of non-ortho nitro benzene ring substituents is 1. The Kier molecular flexibility index (Phi) is 3.55. The monoisotopic (exact) mass is 384 g/mol. The number of benzene rings is 2. The van der Waals surface area contributed by atoms with E-state index in [2.05, 4.69) is 48.3 Å². The van der Waals surface area contributed by atoms with E-state index in [1.54, 1.807) is 12.1 Å². The van der Waals surface area contributed by atoms with Crippen molar-refractivity contribution in [2.24, 2.45) is 11.8 Å². The molecule has 4 aliphatic rings. The fourth-order valence-electron chi connectivity index (χ4n) is 6.30. The van der Waals surface area contributed by atoms with Crippen molar-refractivity contribution in [1.29, 1.82) is 0 Å². The Balaban J connectivity index is 1.54. The van der Waals surface area contributed by atoms with Gasteiger partial charge in [-0.25, -0.2) is 0 Å². The molecule has 0 aromatic heterocycles. The molecule has 2 aromatic rings. The van der Waals surface area contributed by atoms with Crippen LogP contribution in [0.2, 0.25) is 0 Å². The van der Waals surface area contributed by atoms with E-state index in [0.717, 1.165) is 19.4 Å². The zero-order valence-corrected chi connectivity index (χ0v) is 16.5. The van der Waals surface area contributed by atoms with Crippen LogP contribution < -0.4 is 4.90 Å². The van der Waals surface area contributed by atoms with Gasteiger partial charge >= 0.3 is 0 Å². The lowest BCUT2D eigenvalue weighted by Crippen LogP contribution is -2.46. The molecule has 0 saturated heterocycles. The summed E-state index contributed by atoms with van der Waals surface area (Å²) in [6.07, 6.45) is 11.7. The smallest absolute Gasteiger partial charge is 0.269 e. The van der Waals surface area contributed by atoms with E-state index in [-0.39, 0.29) is 16.7 Å². The van der Waals surface area contributed by atoms with E-state index in [4.69, 9.17) is 0 Å². The number of hydrogen-bond donors (Lipinski definition) is 0. The third-order valence-corrected chi connectivity index (χ3v) is 7.44. The highest BCUT2D eigenvalue weighted by molar-refractivity contribution is 5.70. The summed E-state index contributed by atoms with van der Waals surface area (Å²) in [6, 6.07) is 12.4. The van der Waals surface area contributed by atoms with Crippen molar-refractivity contribution in [2.75, 3.05) is 11.4 Å². The Morgan fingerprint density at radius 1 is 1.00 bits per heavy atom. The highest BCUT2D eigenvalue weighted by atomic mass is 16.6. The third kappa shape index (κ3) is 2.38. The number of aryl methyl sites for hydroxylation is 1. The Bertz CT molecular complexity index is 1050. The van der Waals surface area contributed by atoms with E-state index in [0.29, 0.717) is 23.7 Å². The van der Waals surface area contributed by atoms with E-state index in [1.165, 1.54) is 27.9 Å². The van der Waals surface area contributed by atoms with Crippen LogP contribution in [0.15, 0.2) is 60.7 Å². The van der Waals surface area contributed by atoms with Gasteiger partial charge in [-0.2, -0.15) is 0 Å². The second-order valence-electron chi connectivity index (χ2n) is 9.04. The van der Waals surface area contributed by atoms with Gasteiger partial charge in [0.15, 0.2) is 0 Å². The largest absolute Gasteiger partial charge is 0.363 e. The van der Waals surface area contributed by atoms with Crippen LogP contribution in [0.4, 0.5) is 11.4 Å². The molecule has 0 saturated carbocycles. The summed E-state index contributed by atoms with van der Waals surface area (Å²) < 4.78 is 0. The topological polar surface area (TPSA) is 46.4 Å². The number of rotatable bonds is 2. The second kappa shape index (κ2) is 6.06. The van der Waals surface area contributed by atoms with E-state index < -0.39 is 0 Å². The minimum Gasteiger partial charge on any atom is -0.363 e. The Morgan fingerprint density at radius 2 is 1.69 bits per heavy atom. The van der Waals surface area contributed by atoms with Crippen molar-refractivity contribution >= 4 is 11.4 Å². The summed E-state index contributed by atoms with van der Waals surface area (Å²) in [4.78, 5) is 13.5. The zero-order chi connectivity index (χ0) is 19.7. The molecule has 0 N–H and O–H groups in total. The lowest BCUT2D eigenvalue weighted by molar-refractivity contribution is -0.384. The van der Waals surface area contributed by atoms with Crippen LogP contribution in [0.1, 0.15) is 53.0 Å². The number of allylic oxidation sites excluding steroid dienone is 4. The first-order chi connectivity index (χ1) is 14.1. The number of nitrogens with zero attached hydrogens (tertiary/aromatic N) is 2. The minimum atomic E-state index is -0.309. The van der Waals surface area contributed by atoms with Gasteiger partial charge in [0.05, 0.1) is 11.0 Å². The van der Waals surface area contributed by atoms with Crippen molar-refractivity contribution < 1.29 is 4.92 Å². The molecule has 4 nitrogen and oxygen atoms in total. The van der Waals surface area contributed by atoms with Gasteiger partial charge in [-0.3, -0.25) is 10.1 Å². The van der Waals surface area contributed by atoms with Gasteiger partial charge < -0.3 is 4.90 Å². The van der Waals surface area contributed by atoms with Crippen LogP contribution in [-0.2, 0) is 0 Å². The van der Waals surface area contributed by atoms with Crippen LogP contribution in [0.25, 0.3) is 0 Å². The number of nitro groups is 1. The van der Waals surface area contributed by atoms with Crippen LogP contribution >= 0.6 is 0 Å². The molecule has 6 rings (SSSR count). The Labute approximate surface area is 170 Å². The number of nitro benzene ring substituents is 1. The normalized spacial score (nSPS) is 30.8. The Hall–Kier alpha value is -2.88. The molecule has 5 atom stereocenters. The molecule has 0 bridgehead atoms. The van der Waals surface area contributed by atoms with Gasteiger partial charge in [0.1, 0.15) is 0 Å². The zero-order valence-electron chi connectivity index (χ0n) is 16.5. The van der Waals surface area contributed by atoms with Gasteiger partial charge in [-0.15, -0.1) is 0 Å². The summed E-state index contributed by atoms with van der Waals surface area (Å²) in [6.45, 7) is 3.28. The highest BCUT2D eigenvalue weighted by Gasteiger charge is 2.47. The first kappa shape index (κ1) is 17.0. The average Bonchev–Trinajstić information content (AvgIpc) is 3.37. The molecule has 0 spiro atoms. The predicted molar refractivity (Wildman–Crippen MR) is 114 cm³/mol. The van der Waals surface area contributed by atoms with Gasteiger partial charge in [0.25, 0.3) is 5.69 Å². The second-order valence-corrected chi connectivity index (χ2v) is 9.04. The molecule has 146 valence electrons. The van der Waals surface area contributed by atoms with Crippen molar-refractivity contribution in [3.63, 3.8) is 0 Å². The van der Waals surface area contributed by atoms with Crippen LogP contribution in [-0.4, -0.2) is 11.5 Å². The van der Waals surface area contributed by atoms with Gasteiger partial charge in [0, 0.05) is 36.2 Å². The maximum Gasteiger partial charge on any atom is 0.269 e. The standard InChI is InChI=1S/C25H24N2O2/c1-15-12-22-19-5-2-4-17(19)14-26-24(16-8-10-18(11-9-16)27(28)29)21-7-3-6-20(21)23(13-15)25(22)26/h2-3,5-6,8-13,17,19-21,24H,4,7,14H2,1H3. The lowest BCUT2D eigenvalue weighted by Gasteiger charge is -2.51. The molecule has 5 unspecified atom stereocenters. The van der Waals surface area contributed by atoms with Crippen molar-refractivity contribution in [1.82, 2.24) is 0 Å². The summed E-state index contributed by atoms with van der Waals surface area (Å²) in [7, 11) is 0. The SMILES string of the molecule is Cc1cc2c3c(c1)C1C=CCC1C(c1ccc([N+](=O)[O-])cc1)N3CC1CC=CC21. The quantitative estimate of drug-likeness (QED) is 0.374. The fourth-order valence-corrected chi connectivity index (χ4v) is 6.30. The van der Waals surface area contributed by atoms with Crippen molar-refractivity contribution in [3.8, 4) is 0 Å². The highest BCUT2D eigenvalue weighted by Crippen LogP contribution is 2.58. The van der Waals surface area contributed by atoms with E-state index in [1.807, 2.05) is 12.1 Å². The number of anilines is 1. The molecule has 0 radical (unpaired) electrons. The number of hydrogen-bond acceptors (Lipinski definition) is 3. The maximum atomic E-state index is 11.1. The minimum absolute atomic E-state index is 0.168. The first-order valence-corrected chi connectivity index (χ1v) is 10.6. The van der Waals surface area contributed by atoms with Crippen LogP contribution in [0.5, 0.6) is 0 Å². The van der Waals surface area contributed by atoms with Crippen molar-refractivity contribution in [3.05, 3.63) is 93.1 Å². The molecule has 2 aliphatic heterocycles. The summed E-state index contributed by atoms with van der Waals surface area (Å²) in [5.74, 6) is 2.08. The van der Waals surface area contributed by atoms with Gasteiger partial charge in [-0.05, 0) is 48.3 Å². The van der Waals surface area contributed by atoms with Gasteiger partial charge in [0.2, 0.25) is 0 Å². The molecule has 2 heterocycles. The van der Waals surface area contributed by atoms with Crippen LogP contribution in [0, 0.1) is 28.9 Å². The van der Waals surface area contributed by atoms with E-state index in [9.17, 15) is 10.1 Å². The lowest BCUT2D eigenvalue weighted by atomic mass is 9.70. The molecule has 2 aromatic carbocycles. The first-order valence-electron chi connectivity index (χ1n) is 10.6. The number of fused-ring (bicyclic) bond motifs is 4. The van der Waals surface area contributed by atoms with Crippen molar-refractivity contribution in [2.45, 2.75) is 37.6 Å². The van der Waals surface area contributed by atoms with E-state index >= 15 is 0 Å². The maximum absolute atomic E-state index is 11.1. The molecule has 0 amide bonds. The summed E-state index contributed by atoms with van der Waals surface area (Å²) >= 11 is 0.